The fraction of sp³-hybridized carbons (Fsp3) is 0.600. The molecule has 14 nitrogen and oxygen atoms in total. The van der Waals surface area contributed by atoms with Crippen molar-refractivity contribution in [1.29, 1.82) is 0 Å². The number of carbonyl (C=O) groups is 4. The molecule has 28 heavy (non-hydrogen) atoms. The molecular weight excluding hydrogens is 474 g/mol. The van der Waals surface area contributed by atoms with Gasteiger partial charge in [0.25, 0.3) is 0 Å². The van der Waals surface area contributed by atoms with E-state index in [1.165, 1.54) is 0 Å². The second-order valence-corrected chi connectivity index (χ2v) is 5.18. The molecular formula is C10H14FeN2Na2O12S. The van der Waals surface area contributed by atoms with Crippen LogP contribution >= 0.6 is 0 Å². The summed E-state index contributed by atoms with van der Waals surface area (Å²) in [5.41, 5.74) is 0. The van der Waals surface area contributed by atoms with Crippen molar-refractivity contribution in [3.63, 3.8) is 0 Å². The number of carbonyl (C=O) groups excluding carboxylic acids is 2. The minimum atomic E-state index is -5.17. The first-order valence-corrected chi connectivity index (χ1v) is 7.48. The summed E-state index contributed by atoms with van der Waals surface area (Å²) in [5.74, 6) is -5.52. The van der Waals surface area contributed by atoms with E-state index in [0.29, 0.717) is 0 Å². The van der Waals surface area contributed by atoms with Crippen molar-refractivity contribution >= 4 is 34.3 Å². The van der Waals surface area contributed by atoms with Gasteiger partial charge in [0.15, 0.2) is 0 Å². The quantitative estimate of drug-likeness (QED) is 0.156. The Hall–Kier alpha value is 0.189. The molecule has 0 rings (SSSR count). The Bertz CT molecular complexity index is 515. The van der Waals surface area contributed by atoms with Gasteiger partial charge < -0.3 is 39.1 Å². The van der Waals surface area contributed by atoms with Crippen molar-refractivity contribution < 1.29 is 133 Å². The molecule has 18 heteroatoms. The number of carboxylic acid groups (broad SMARTS) is 4. The van der Waals surface area contributed by atoms with E-state index in [0.717, 1.165) is 9.80 Å². The van der Waals surface area contributed by atoms with Crippen molar-refractivity contribution in [3.05, 3.63) is 0 Å². The Morgan fingerprint density at radius 1 is 0.714 bits per heavy atom. The molecule has 0 amide bonds. The maximum Gasteiger partial charge on any atom is 2.00 e. The Kier molecular flexibility index (Phi) is 28.3. The number of nitrogens with zero attached hydrogens (tertiary/aromatic N) is 2. The molecule has 0 aromatic heterocycles. The van der Waals surface area contributed by atoms with Crippen molar-refractivity contribution in [1.82, 2.24) is 9.80 Å². The summed E-state index contributed by atoms with van der Waals surface area (Å²) in [6, 6.07) is 0. The minimum absolute atomic E-state index is 0. The third kappa shape index (κ3) is 37.0. The van der Waals surface area contributed by atoms with Crippen LogP contribution in [0.2, 0.25) is 0 Å². The first-order chi connectivity index (χ1) is 11.2. The van der Waals surface area contributed by atoms with Gasteiger partial charge in [-0.2, -0.15) is 0 Å². The molecule has 0 aromatic carbocycles. The van der Waals surface area contributed by atoms with E-state index in [1.54, 1.807) is 0 Å². The molecule has 0 fully saturated rings. The molecule has 2 N–H and O–H groups in total. The zero-order chi connectivity index (χ0) is 20.2. The Balaban J connectivity index is -0.000000195. The van der Waals surface area contributed by atoms with Crippen molar-refractivity contribution in [3.8, 4) is 0 Å². The molecule has 0 bridgehead atoms. The first kappa shape index (κ1) is 38.8. The van der Waals surface area contributed by atoms with Gasteiger partial charge in [0.05, 0.1) is 25.0 Å². The van der Waals surface area contributed by atoms with Gasteiger partial charge in [-0.05, 0) is 0 Å². The molecule has 0 aromatic rings. The molecule has 0 saturated heterocycles. The van der Waals surface area contributed by atoms with Gasteiger partial charge in [-0.25, -0.2) is 0 Å². The summed E-state index contributed by atoms with van der Waals surface area (Å²) in [6.45, 7) is -2.75. The third-order valence-corrected chi connectivity index (χ3v) is 2.16. The average molecular weight is 488 g/mol. The van der Waals surface area contributed by atoms with Crippen LogP contribution in [0.4, 0.5) is 0 Å². The Morgan fingerprint density at radius 3 is 1.07 bits per heavy atom. The van der Waals surface area contributed by atoms with Crippen LogP contribution in [0.15, 0.2) is 0 Å². The summed E-state index contributed by atoms with van der Waals surface area (Å²) in [5, 5.41) is 38.0. The van der Waals surface area contributed by atoms with Crippen LogP contribution in [0.3, 0.4) is 0 Å². The van der Waals surface area contributed by atoms with E-state index in [9.17, 15) is 29.4 Å². The van der Waals surface area contributed by atoms with Crippen molar-refractivity contribution in [2.24, 2.45) is 0 Å². The van der Waals surface area contributed by atoms with Gasteiger partial charge in [-0.15, -0.1) is 0 Å². The number of aliphatic carboxylic acids is 4. The molecule has 0 atom stereocenters. The van der Waals surface area contributed by atoms with Crippen LogP contribution in [0.1, 0.15) is 0 Å². The van der Waals surface area contributed by atoms with Gasteiger partial charge in [0.2, 0.25) is 0 Å². The topological polar surface area (TPSA) is 242 Å². The fourth-order valence-electron chi connectivity index (χ4n) is 1.46. The first-order valence-electron chi connectivity index (χ1n) is 6.15. The zero-order valence-electron chi connectivity index (χ0n) is 14.9. The third-order valence-electron chi connectivity index (χ3n) is 2.16. The van der Waals surface area contributed by atoms with Gasteiger partial charge in [-0.3, -0.25) is 27.8 Å². The van der Waals surface area contributed by atoms with Crippen LogP contribution in [0.5, 0.6) is 0 Å². The van der Waals surface area contributed by atoms with Crippen LogP contribution in [0, 0.1) is 0 Å². The SMILES string of the molecule is O=C([O-])CN(CCN(CC(=O)[O-])CC(=O)O)CC(=O)O.O=S(=O)([O-])[O-].[Fe+2].[Na+].[Na+]. The molecule has 0 spiro atoms. The second kappa shape index (κ2) is 20.5. The smallest absolute Gasteiger partial charge is 0.759 e. The molecule has 0 radical (unpaired) electrons. The van der Waals surface area contributed by atoms with E-state index in [4.69, 9.17) is 27.7 Å². The summed E-state index contributed by atoms with van der Waals surface area (Å²) in [7, 11) is -5.17. The minimum Gasteiger partial charge on any atom is -0.759 e. The monoisotopic (exact) mass is 488 g/mol. The van der Waals surface area contributed by atoms with E-state index in [1.807, 2.05) is 0 Å². The molecule has 0 unspecified atom stereocenters. The van der Waals surface area contributed by atoms with Gasteiger partial charge >= 0.3 is 88.1 Å². The van der Waals surface area contributed by atoms with Crippen molar-refractivity contribution in [2.45, 2.75) is 0 Å². The van der Waals surface area contributed by atoms with Crippen LogP contribution < -0.4 is 69.3 Å². The van der Waals surface area contributed by atoms with E-state index in [-0.39, 0.29) is 89.3 Å². The number of carboxylic acids is 4. The van der Waals surface area contributed by atoms with Gasteiger partial charge in [0, 0.05) is 36.6 Å². The zero-order valence-corrected chi connectivity index (χ0v) is 20.8. The molecule has 0 heterocycles. The van der Waals surface area contributed by atoms with Crippen LogP contribution in [-0.4, -0.2) is 101 Å². The fourth-order valence-corrected chi connectivity index (χ4v) is 1.46. The van der Waals surface area contributed by atoms with E-state index in [2.05, 4.69) is 0 Å². The maximum absolute atomic E-state index is 10.5. The predicted octanol–water partition coefficient (Wildman–Crippen LogP) is -12.1. The molecule has 0 aliphatic heterocycles. The average Bonchev–Trinajstić information content (AvgIpc) is 2.30. The van der Waals surface area contributed by atoms with Gasteiger partial charge in [-0.1, -0.05) is 0 Å². The maximum atomic E-state index is 10.5. The standard InChI is InChI=1S/C10H16N2O8.Fe.2Na.H2O4S/c13-7(14)3-11(4-8(15)16)1-2-12(5-9(17)18)6-10(19)20;;;;1-5(2,3)4/h1-6H2,(H,13,14)(H,15,16)(H,17,18)(H,19,20);;;;(H2,1,2,3,4)/q;+2;2*+1;/p-4. The normalized spacial score (nSPS) is 9.71. The summed E-state index contributed by atoms with van der Waals surface area (Å²) in [6.07, 6.45) is 0. The number of hydrogen-bond acceptors (Lipinski definition) is 12. The number of rotatable bonds is 11. The summed E-state index contributed by atoms with van der Waals surface area (Å²) >= 11 is 0. The summed E-state index contributed by atoms with van der Waals surface area (Å²) in [4.78, 5) is 43.9. The van der Waals surface area contributed by atoms with E-state index < -0.39 is 60.5 Å². The number of hydrogen-bond donors (Lipinski definition) is 2. The molecule has 152 valence electrons. The van der Waals surface area contributed by atoms with Crippen molar-refractivity contribution in [2.75, 3.05) is 39.3 Å². The predicted molar refractivity (Wildman–Crippen MR) is 68.6 cm³/mol. The van der Waals surface area contributed by atoms with Gasteiger partial charge in [0.1, 0.15) is 0 Å². The molecule has 0 aliphatic rings. The molecule has 0 aliphatic carbocycles. The summed E-state index contributed by atoms with van der Waals surface area (Å²) < 4.78 is 34.1. The Morgan fingerprint density at radius 2 is 0.929 bits per heavy atom. The second-order valence-electron chi connectivity index (χ2n) is 4.36. The van der Waals surface area contributed by atoms with Crippen LogP contribution in [0.25, 0.3) is 0 Å². The van der Waals surface area contributed by atoms with Crippen LogP contribution in [-0.2, 0) is 46.6 Å². The Labute approximate surface area is 214 Å². The molecule has 0 saturated carbocycles. The largest absolute Gasteiger partial charge is 2.00 e. The van der Waals surface area contributed by atoms with E-state index >= 15 is 0 Å².